The van der Waals surface area contributed by atoms with Gasteiger partial charge in [0, 0.05) is 5.56 Å². The second kappa shape index (κ2) is 6.55. The van der Waals surface area contributed by atoms with Gasteiger partial charge in [0.2, 0.25) is 0 Å². The van der Waals surface area contributed by atoms with Gasteiger partial charge >= 0.3 is 0 Å². The molecule has 0 aliphatic heterocycles. The van der Waals surface area contributed by atoms with Crippen molar-refractivity contribution in [2.24, 2.45) is 0 Å². The summed E-state index contributed by atoms with van der Waals surface area (Å²) < 4.78 is 0. The SMILES string of the molecule is CC(=O)c1c2cc3cc1CCCc1cc(cc(c1)CCC2)CCC3. The van der Waals surface area contributed by atoms with E-state index in [0.717, 1.165) is 50.5 Å². The summed E-state index contributed by atoms with van der Waals surface area (Å²) in [5.41, 5.74) is 9.56. The van der Waals surface area contributed by atoms with Crippen molar-refractivity contribution < 1.29 is 4.79 Å². The molecule has 6 bridgehead atoms. The Bertz CT molecular complexity index is 728. The predicted octanol–water partition coefficient (Wildman–Crippen LogP) is 5.04. The molecule has 1 nitrogen and oxygen atoms in total. The van der Waals surface area contributed by atoms with Crippen LogP contribution >= 0.6 is 0 Å². The lowest BCUT2D eigenvalue weighted by Crippen LogP contribution is -2.10. The summed E-state index contributed by atoms with van der Waals surface area (Å²) in [6.07, 6.45) is 10.0. The van der Waals surface area contributed by atoms with E-state index in [1.165, 1.54) is 46.2 Å². The summed E-state index contributed by atoms with van der Waals surface area (Å²) in [7, 11) is 0. The molecule has 0 amide bonds. The second-order valence-electron chi connectivity index (χ2n) is 7.56. The number of carbonyl (C=O) groups excluding carboxylic acids is 1. The molecule has 0 atom stereocenters. The summed E-state index contributed by atoms with van der Waals surface area (Å²) in [4.78, 5) is 12.3. The number of ketones is 1. The van der Waals surface area contributed by atoms with E-state index in [1.54, 1.807) is 6.92 Å². The van der Waals surface area contributed by atoms with Crippen LogP contribution < -0.4 is 0 Å². The van der Waals surface area contributed by atoms with Crippen LogP contribution in [-0.4, -0.2) is 5.78 Å². The fraction of sp³-hybridized carbons (Fsp3) is 0.435. The highest BCUT2D eigenvalue weighted by molar-refractivity contribution is 5.97. The number of aryl methyl sites for hydroxylation is 6. The standard InChI is InChI=1S/C23H26O/c1-16(24)23-21-9-3-7-18-11-17-5-2-6-20(14-21)15-22(23)10-4-8-19(12-17)13-18/h11-15H,2-10H2,1H3. The van der Waals surface area contributed by atoms with Gasteiger partial charge in [-0.1, -0.05) is 30.3 Å². The van der Waals surface area contributed by atoms with Crippen LogP contribution in [0.1, 0.15) is 69.9 Å². The zero-order valence-corrected chi connectivity index (χ0v) is 14.7. The molecular weight excluding hydrogens is 292 g/mol. The highest BCUT2D eigenvalue weighted by Gasteiger charge is 2.17. The van der Waals surface area contributed by atoms with Gasteiger partial charge in [-0.3, -0.25) is 4.79 Å². The summed E-state index contributed by atoms with van der Waals surface area (Å²) in [6, 6.07) is 11.9. The minimum absolute atomic E-state index is 0.247. The average molecular weight is 318 g/mol. The van der Waals surface area contributed by atoms with E-state index in [1.807, 2.05) is 0 Å². The van der Waals surface area contributed by atoms with Crippen molar-refractivity contribution in [3.63, 3.8) is 0 Å². The fourth-order valence-corrected chi connectivity index (χ4v) is 4.57. The molecule has 0 radical (unpaired) electrons. The van der Waals surface area contributed by atoms with Crippen molar-refractivity contribution in [2.75, 3.05) is 0 Å². The van der Waals surface area contributed by atoms with Crippen LogP contribution in [0.4, 0.5) is 0 Å². The van der Waals surface area contributed by atoms with Gasteiger partial charge in [0.05, 0.1) is 0 Å². The Kier molecular flexibility index (Phi) is 4.26. The normalized spacial score (nSPS) is 16.9. The first-order valence-corrected chi connectivity index (χ1v) is 9.46. The molecule has 0 fully saturated rings. The molecule has 5 rings (SSSR count). The largest absolute Gasteiger partial charge is 0.294 e. The van der Waals surface area contributed by atoms with Crippen LogP contribution in [0.3, 0.4) is 0 Å². The van der Waals surface area contributed by atoms with Gasteiger partial charge in [-0.15, -0.1) is 0 Å². The monoisotopic (exact) mass is 318 g/mol. The minimum Gasteiger partial charge on any atom is -0.294 e. The fourth-order valence-electron chi connectivity index (χ4n) is 4.57. The Morgan fingerprint density at radius 3 is 1.42 bits per heavy atom. The number of hydrogen-bond donors (Lipinski definition) is 0. The van der Waals surface area contributed by atoms with Crippen LogP contribution in [0, 0.1) is 0 Å². The lowest BCUT2D eigenvalue weighted by Gasteiger charge is -2.19. The summed E-state index contributed by atoms with van der Waals surface area (Å²) in [6.45, 7) is 1.74. The van der Waals surface area contributed by atoms with Gasteiger partial charge in [-0.2, -0.15) is 0 Å². The van der Waals surface area contributed by atoms with E-state index in [-0.39, 0.29) is 5.78 Å². The Morgan fingerprint density at radius 2 is 1.00 bits per heavy atom. The predicted molar refractivity (Wildman–Crippen MR) is 99.0 cm³/mol. The quantitative estimate of drug-likeness (QED) is 0.673. The molecule has 0 aromatic heterocycles. The Hall–Kier alpha value is -1.89. The molecule has 124 valence electrons. The number of fused-ring (bicyclic) bond motifs is 6. The Morgan fingerprint density at radius 1 is 0.625 bits per heavy atom. The molecule has 2 aromatic rings. The van der Waals surface area contributed by atoms with E-state index in [0.29, 0.717) is 0 Å². The van der Waals surface area contributed by atoms with Crippen molar-refractivity contribution in [3.05, 3.63) is 69.3 Å². The first-order chi connectivity index (χ1) is 11.7. The summed E-state index contributed by atoms with van der Waals surface area (Å²) in [5.74, 6) is 0.247. The third kappa shape index (κ3) is 3.17. The molecule has 24 heavy (non-hydrogen) atoms. The van der Waals surface area contributed by atoms with Gasteiger partial charge < -0.3 is 0 Å². The van der Waals surface area contributed by atoms with Crippen LogP contribution in [0.2, 0.25) is 0 Å². The molecule has 0 N–H and O–H groups in total. The highest BCUT2D eigenvalue weighted by Crippen LogP contribution is 2.27. The van der Waals surface area contributed by atoms with Crippen LogP contribution in [0.25, 0.3) is 0 Å². The maximum absolute atomic E-state index is 12.3. The lowest BCUT2D eigenvalue weighted by atomic mass is 9.85. The van der Waals surface area contributed by atoms with E-state index >= 15 is 0 Å². The molecular formula is C23H26O. The first-order valence-electron chi connectivity index (χ1n) is 9.46. The van der Waals surface area contributed by atoms with E-state index in [2.05, 4.69) is 30.3 Å². The third-order valence-electron chi connectivity index (χ3n) is 5.58. The van der Waals surface area contributed by atoms with E-state index < -0.39 is 0 Å². The number of rotatable bonds is 1. The minimum atomic E-state index is 0.247. The molecule has 0 heterocycles. The molecule has 0 saturated heterocycles. The number of carbonyl (C=O) groups is 1. The average Bonchev–Trinajstić information content (AvgIpc) is 2.52. The van der Waals surface area contributed by atoms with Crippen molar-refractivity contribution in [1.29, 1.82) is 0 Å². The Balaban J connectivity index is 1.85. The van der Waals surface area contributed by atoms with Crippen molar-refractivity contribution in [2.45, 2.75) is 64.7 Å². The zero-order valence-electron chi connectivity index (χ0n) is 14.7. The van der Waals surface area contributed by atoms with Crippen molar-refractivity contribution in [1.82, 2.24) is 0 Å². The van der Waals surface area contributed by atoms with Gasteiger partial charge in [-0.25, -0.2) is 0 Å². The lowest BCUT2D eigenvalue weighted by molar-refractivity contribution is 0.101. The van der Waals surface area contributed by atoms with Gasteiger partial charge in [0.25, 0.3) is 0 Å². The number of hydrogen-bond acceptors (Lipinski definition) is 1. The van der Waals surface area contributed by atoms with Crippen LogP contribution in [0.5, 0.6) is 0 Å². The van der Waals surface area contributed by atoms with Gasteiger partial charge in [-0.05, 0) is 98.1 Å². The van der Waals surface area contributed by atoms with Crippen LogP contribution in [0.15, 0.2) is 30.3 Å². The zero-order chi connectivity index (χ0) is 16.5. The molecule has 0 spiro atoms. The Labute approximate surface area is 145 Å². The third-order valence-corrected chi connectivity index (χ3v) is 5.58. The maximum Gasteiger partial charge on any atom is 0.160 e. The maximum atomic E-state index is 12.3. The van der Waals surface area contributed by atoms with E-state index in [4.69, 9.17) is 0 Å². The molecule has 0 saturated carbocycles. The van der Waals surface area contributed by atoms with Gasteiger partial charge in [0.15, 0.2) is 5.78 Å². The highest BCUT2D eigenvalue weighted by atomic mass is 16.1. The van der Waals surface area contributed by atoms with Crippen LogP contribution in [-0.2, 0) is 38.5 Å². The molecule has 1 heteroatoms. The number of Topliss-reactive ketones (excluding diaryl/α,β-unsaturated/α-hetero) is 1. The van der Waals surface area contributed by atoms with E-state index in [9.17, 15) is 4.79 Å². The smallest absolute Gasteiger partial charge is 0.160 e. The molecule has 3 aliphatic carbocycles. The molecule has 0 unspecified atom stereocenters. The second-order valence-corrected chi connectivity index (χ2v) is 7.56. The number of benzene rings is 2. The topological polar surface area (TPSA) is 17.1 Å². The van der Waals surface area contributed by atoms with Crippen molar-refractivity contribution >= 4 is 5.78 Å². The molecule has 2 aromatic carbocycles. The van der Waals surface area contributed by atoms with Crippen molar-refractivity contribution in [3.8, 4) is 0 Å². The molecule has 3 aliphatic rings. The van der Waals surface area contributed by atoms with Gasteiger partial charge in [0.1, 0.15) is 0 Å². The summed E-state index contributed by atoms with van der Waals surface area (Å²) >= 11 is 0. The first kappa shape index (κ1) is 15.6. The summed E-state index contributed by atoms with van der Waals surface area (Å²) in [5, 5.41) is 0.